The first-order valence-electron chi connectivity index (χ1n) is 10.1. The maximum absolute atomic E-state index is 12.5. The van der Waals surface area contributed by atoms with Gasteiger partial charge in [0.05, 0.1) is 4.88 Å². The lowest BCUT2D eigenvalue weighted by atomic mass is 10.1. The molecule has 1 amide bonds. The summed E-state index contributed by atoms with van der Waals surface area (Å²) < 4.78 is 11.2. The van der Waals surface area contributed by atoms with Gasteiger partial charge in [-0.05, 0) is 36.8 Å². The average Bonchev–Trinajstić information content (AvgIpc) is 3.18. The molecule has 1 aromatic heterocycles. The number of aryl methyl sites for hydroxylation is 1. The van der Waals surface area contributed by atoms with E-state index in [2.05, 4.69) is 11.0 Å². The van der Waals surface area contributed by atoms with Gasteiger partial charge in [-0.3, -0.25) is 14.5 Å². The summed E-state index contributed by atoms with van der Waals surface area (Å²) in [6, 6.07) is 9.88. The van der Waals surface area contributed by atoms with Gasteiger partial charge in [0.1, 0.15) is 13.2 Å². The van der Waals surface area contributed by atoms with Crippen LogP contribution in [-0.2, 0) is 11.3 Å². The first-order chi connectivity index (χ1) is 14.1. The summed E-state index contributed by atoms with van der Waals surface area (Å²) in [5.41, 5.74) is 1.19. The van der Waals surface area contributed by atoms with Crippen LogP contribution in [0.1, 0.15) is 33.0 Å². The van der Waals surface area contributed by atoms with Crippen LogP contribution in [0.2, 0.25) is 0 Å². The highest BCUT2D eigenvalue weighted by Gasteiger charge is 2.22. The Morgan fingerprint density at radius 2 is 1.72 bits per heavy atom. The van der Waals surface area contributed by atoms with Gasteiger partial charge in [-0.1, -0.05) is 6.07 Å². The molecule has 2 aromatic rings. The molecular formula is C22H26N2O4S. The maximum Gasteiger partial charge on any atom is 0.223 e. The van der Waals surface area contributed by atoms with Crippen LogP contribution >= 0.6 is 11.3 Å². The van der Waals surface area contributed by atoms with Crippen LogP contribution in [0.5, 0.6) is 11.5 Å². The maximum atomic E-state index is 12.5. The van der Waals surface area contributed by atoms with E-state index in [1.807, 2.05) is 36.1 Å². The molecule has 29 heavy (non-hydrogen) atoms. The molecule has 1 aromatic carbocycles. The van der Waals surface area contributed by atoms with Gasteiger partial charge in [0.15, 0.2) is 17.3 Å². The molecule has 7 heteroatoms. The molecule has 0 saturated carbocycles. The molecule has 154 valence electrons. The van der Waals surface area contributed by atoms with Gasteiger partial charge in [0, 0.05) is 50.4 Å². The van der Waals surface area contributed by atoms with Crippen molar-refractivity contribution in [2.24, 2.45) is 0 Å². The summed E-state index contributed by atoms with van der Waals surface area (Å²) in [5, 5.41) is 0. The summed E-state index contributed by atoms with van der Waals surface area (Å²) >= 11 is 1.49. The number of ether oxygens (including phenoxy) is 2. The standard InChI is InChI=1S/C22H26N2O4S/c1-16-2-6-21(29-16)18(25)4-7-22(26)24-10-8-23(9-11-24)15-17-3-5-19-20(14-17)28-13-12-27-19/h2-3,5-6,14H,4,7-13,15H2,1H3. The fraction of sp³-hybridized carbons (Fsp3) is 0.455. The Hall–Kier alpha value is -2.38. The van der Waals surface area contributed by atoms with E-state index >= 15 is 0 Å². The van der Waals surface area contributed by atoms with Crippen LogP contribution < -0.4 is 9.47 Å². The molecule has 0 bridgehead atoms. The summed E-state index contributed by atoms with van der Waals surface area (Å²) in [6.07, 6.45) is 0.578. The predicted octanol–water partition coefficient (Wildman–Crippen LogP) is 3.14. The van der Waals surface area contributed by atoms with Gasteiger partial charge in [0.25, 0.3) is 0 Å². The summed E-state index contributed by atoms with van der Waals surface area (Å²) in [5.74, 6) is 1.76. The van der Waals surface area contributed by atoms with Crippen molar-refractivity contribution in [1.29, 1.82) is 0 Å². The Morgan fingerprint density at radius 1 is 0.966 bits per heavy atom. The minimum Gasteiger partial charge on any atom is -0.486 e. The zero-order valence-electron chi connectivity index (χ0n) is 16.7. The Bertz CT molecular complexity index is 887. The molecule has 0 aliphatic carbocycles. The summed E-state index contributed by atoms with van der Waals surface area (Å²) in [7, 11) is 0. The van der Waals surface area contributed by atoms with E-state index in [0.29, 0.717) is 26.3 Å². The largest absolute Gasteiger partial charge is 0.486 e. The number of hydrogen-bond donors (Lipinski definition) is 0. The molecule has 0 atom stereocenters. The minimum absolute atomic E-state index is 0.0636. The monoisotopic (exact) mass is 414 g/mol. The first-order valence-corrected chi connectivity index (χ1v) is 10.9. The molecule has 0 unspecified atom stereocenters. The van der Waals surface area contributed by atoms with E-state index in [-0.39, 0.29) is 24.5 Å². The second kappa shape index (κ2) is 8.97. The Morgan fingerprint density at radius 3 is 2.45 bits per heavy atom. The average molecular weight is 415 g/mol. The van der Waals surface area contributed by atoms with Gasteiger partial charge in [-0.2, -0.15) is 0 Å². The van der Waals surface area contributed by atoms with Crippen molar-refractivity contribution < 1.29 is 19.1 Å². The normalized spacial score (nSPS) is 16.7. The van der Waals surface area contributed by atoms with E-state index in [9.17, 15) is 9.59 Å². The number of benzene rings is 1. The third kappa shape index (κ3) is 4.97. The van der Waals surface area contributed by atoms with Gasteiger partial charge < -0.3 is 14.4 Å². The van der Waals surface area contributed by atoms with Crippen molar-refractivity contribution in [3.8, 4) is 11.5 Å². The van der Waals surface area contributed by atoms with E-state index in [1.165, 1.54) is 16.9 Å². The van der Waals surface area contributed by atoms with Gasteiger partial charge >= 0.3 is 0 Å². The van der Waals surface area contributed by atoms with Crippen molar-refractivity contribution in [2.75, 3.05) is 39.4 Å². The number of Topliss-reactive ketones (excluding diaryl/α,β-unsaturated/α-hetero) is 1. The van der Waals surface area contributed by atoms with Gasteiger partial charge in [0.2, 0.25) is 5.91 Å². The number of piperazine rings is 1. The number of fused-ring (bicyclic) bond motifs is 1. The highest BCUT2D eigenvalue weighted by atomic mass is 32.1. The molecule has 4 rings (SSSR count). The van der Waals surface area contributed by atoms with Crippen molar-refractivity contribution in [1.82, 2.24) is 9.80 Å². The molecule has 6 nitrogen and oxygen atoms in total. The highest BCUT2D eigenvalue weighted by molar-refractivity contribution is 7.14. The van der Waals surface area contributed by atoms with Crippen LogP contribution in [0.25, 0.3) is 0 Å². The van der Waals surface area contributed by atoms with E-state index in [1.54, 1.807) is 0 Å². The van der Waals surface area contributed by atoms with Crippen molar-refractivity contribution in [3.63, 3.8) is 0 Å². The van der Waals surface area contributed by atoms with E-state index in [4.69, 9.17) is 9.47 Å². The fourth-order valence-electron chi connectivity index (χ4n) is 3.69. The Kier molecular flexibility index (Phi) is 6.16. The lowest BCUT2D eigenvalue weighted by Crippen LogP contribution is -2.48. The van der Waals surface area contributed by atoms with Crippen LogP contribution in [0, 0.1) is 6.92 Å². The Balaban J connectivity index is 1.22. The fourth-order valence-corrected chi connectivity index (χ4v) is 4.52. The van der Waals surface area contributed by atoms with Gasteiger partial charge in [-0.15, -0.1) is 11.3 Å². The Labute approximate surface area is 175 Å². The highest BCUT2D eigenvalue weighted by Crippen LogP contribution is 2.31. The van der Waals surface area contributed by atoms with Crippen LogP contribution in [0.15, 0.2) is 30.3 Å². The molecule has 0 N–H and O–H groups in total. The van der Waals surface area contributed by atoms with Crippen molar-refractivity contribution in [3.05, 3.63) is 45.6 Å². The zero-order valence-corrected chi connectivity index (χ0v) is 17.5. The zero-order chi connectivity index (χ0) is 20.2. The molecule has 3 heterocycles. The quantitative estimate of drug-likeness (QED) is 0.680. The van der Waals surface area contributed by atoms with Crippen LogP contribution in [0.3, 0.4) is 0 Å². The lowest BCUT2D eigenvalue weighted by molar-refractivity contribution is -0.132. The second-order valence-electron chi connectivity index (χ2n) is 7.47. The number of rotatable bonds is 6. The molecule has 0 radical (unpaired) electrons. The van der Waals surface area contributed by atoms with Crippen molar-refractivity contribution in [2.45, 2.75) is 26.3 Å². The number of nitrogens with zero attached hydrogens (tertiary/aromatic N) is 2. The number of carbonyl (C=O) groups is 2. The van der Waals surface area contributed by atoms with Crippen LogP contribution in [-0.4, -0.2) is 60.9 Å². The molecule has 1 fully saturated rings. The number of thiophene rings is 1. The van der Waals surface area contributed by atoms with Gasteiger partial charge in [-0.25, -0.2) is 0 Å². The van der Waals surface area contributed by atoms with E-state index in [0.717, 1.165) is 40.9 Å². The van der Waals surface area contributed by atoms with Crippen LogP contribution in [0.4, 0.5) is 0 Å². The lowest BCUT2D eigenvalue weighted by Gasteiger charge is -2.35. The van der Waals surface area contributed by atoms with E-state index < -0.39 is 0 Å². The first kappa shape index (κ1) is 19.9. The number of hydrogen-bond acceptors (Lipinski definition) is 6. The molecular weight excluding hydrogens is 388 g/mol. The second-order valence-corrected chi connectivity index (χ2v) is 8.76. The molecule has 0 spiro atoms. The number of carbonyl (C=O) groups excluding carboxylic acids is 2. The molecule has 2 aliphatic rings. The van der Waals surface area contributed by atoms with Crippen molar-refractivity contribution >= 4 is 23.0 Å². The third-order valence-electron chi connectivity index (χ3n) is 5.32. The molecule has 2 aliphatic heterocycles. The molecule has 1 saturated heterocycles. The number of amides is 1. The summed E-state index contributed by atoms with van der Waals surface area (Å²) in [6.45, 7) is 7.07. The number of ketones is 1. The topological polar surface area (TPSA) is 59.1 Å². The predicted molar refractivity (Wildman–Crippen MR) is 112 cm³/mol. The summed E-state index contributed by atoms with van der Waals surface area (Å²) in [4.78, 5) is 30.8. The SMILES string of the molecule is Cc1ccc(C(=O)CCC(=O)N2CCN(Cc3ccc4c(c3)OCCO4)CC2)s1. The third-order valence-corrected chi connectivity index (χ3v) is 6.36. The smallest absolute Gasteiger partial charge is 0.223 e. The minimum atomic E-state index is 0.0636.